The van der Waals surface area contributed by atoms with Crippen LogP contribution in [-0.4, -0.2) is 42.0 Å². The third-order valence-electron chi connectivity index (χ3n) is 3.79. The van der Waals surface area contributed by atoms with Crippen LogP contribution >= 0.6 is 0 Å². The zero-order valence-corrected chi connectivity index (χ0v) is 15.5. The van der Waals surface area contributed by atoms with E-state index < -0.39 is 28.5 Å². The molecule has 2 aromatic rings. The van der Waals surface area contributed by atoms with Crippen molar-refractivity contribution < 1.29 is 19.6 Å². The van der Waals surface area contributed by atoms with Gasteiger partial charge in [0.05, 0.1) is 10.6 Å². The molecule has 0 heterocycles. The summed E-state index contributed by atoms with van der Waals surface area (Å²) in [6, 6.07) is 9.62. The van der Waals surface area contributed by atoms with Crippen molar-refractivity contribution in [2.24, 2.45) is 10.2 Å². The molecule has 0 radical (unpaired) electrons. The van der Waals surface area contributed by atoms with Gasteiger partial charge in [-0.05, 0) is 43.3 Å². The van der Waals surface area contributed by atoms with E-state index in [-0.39, 0.29) is 11.3 Å². The van der Waals surface area contributed by atoms with Crippen molar-refractivity contribution in [1.29, 1.82) is 0 Å². The number of carboxylic acid groups (broad SMARTS) is 1. The molecule has 0 saturated carbocycles. The van der Waals surface area contributed by atoms with Gasteiger partial charge in [-0.2, -0.15) is 5.11 Å². The molecular formula is C18H19N5O5. The summed E-state index contributed by atoms with van der Waals surface area (Å²) < 4.78 is 0. The monoisotopic (exact) mass is 385 g/mol. The molecule has 10 nitrogen and oxygen atoms in total. The molecular weight excluding hydrogens is 366 g/mol. The van der Waals surface area contributed by atoms with E-state index in [9.17, 15) is 19.7 Å². The number of carboxylic acids is 1. The number of nitrogens with zero attached hydrogens (tertiary/aromatic N) is 4. The van der Waals surface area contributed by atoms with Gasteiger partial charge >= 0.3 is 5.97 Å². The normalized spacial score (nSPS) is 11.8. The van der Waals surface area contributed by atoms with E-state index >= 15 is 0 Å². The van der Waals surface area contributed by atoms with Gasteiger partial charge in [0.2, 0.25) is 0 Å². The maximum atomic E-state index is 12.1. The highest BCUT2D eigenvalue weighted by molar-refractivity contribution is 5.97. The van der Waals surface area contributed by atoms with E-state index in [1.54, 1.807) is 12.1 Å². The third kappa shape index (κ3) is 5.10. The van der Waals surface area contributed by atoms with Gasteiger partial charge in [-0.1, -0.05) is 0 Å². The van der Waals surface area contributed by atoms with E-state index in [1.165, 1.54) is 19.1 Å². The van der Waals surface area contributed by atoms with Crippen LogP contribution in [0.2, 0.25) is 0 Å². The molecule has 0 unspecified atom stereocenters. The minimum Gasteiger partial charge on any atom is -0.480 e. The number of amides is 1. The van der Waals surface area contributed by atoms with Crippen LogP contribution in [0.3, 0.4) is 0 Å². The molecule has 146 valence electrons. The molecule has 2 aromatic carbocycles. The van der Waals surface area contributed by atoms with Crippen molar-refractivity contribution in [2.75, 3.05) is 19.0 Å². The lowest BCUT2D eigenvalue weighted by Gasteiger charge is -2.11. The Kier molecular flexibility index (Phi) is 6.38. The summed E-state index contributed by atoms with van der Waals surface area (Å²) in [6.07, 6.45) is 0. The number of anilines is 1. The molecule has 2 N–H and O–H groups in total. The number of aliphatic carboxylic acids is 1. The molecule has 0 fully saturated rings. The number of rotatable bonds is 7. The van der Waals surface area contributed by atoms with Crippen molar-refractivity contribution in [3.05, 3.63) is 58.1 Å². The van der Waals surface area contributed by atoms with Gasteiger partial charge in [0.1, 0.15) is 6.04 Å². The van der Waals surface area contributed by atoms with Crippen LogP contribution in [-0.2, 0) is 4.79 Å². The summed E-state index contributed by atoms with van der Waals surface area (Å²) in [5.74, 6) is -1.95. The average molecular weight is 385 g/mol. The maximum Gasteiger partial charge on any atom is 0.325 e. The third-order valence-corrected chi connectivity index (χ3v) is 3.79. The Morgan fingerprint density at radius 2 is 1.79 bits per heavy atom. The van der Waals surface area contributed by atoms with Crippen molar-refractivity contribution in [2.45, 2.75) is 13.0 Å². The summed E-state index contributed by atoms with van der Waals surface area (Å²) >= 11 is 0. The van der Waals surface area contributed by atoms with Crippen molar-refractivity contribution in [1.82, 2.24) is 5.32 Å². The predicted molar refractivity (Wildman–Crippen MR) is 103 cm³/mol. The van der Waals surface area contributed by atoms with Crippen LogP contribution < -0.4 is 10.2 Å². The van der Waals surface area contributed by atoms with Gasteiger partial charge in [0.15, 0.2) is 5.69 Å². The van der Waals surface area contributed by atoms with Crippen LogP contribution in [0.4, 0.5) is 22.7 Å². The molecule has 0 aliphatic heterocycles. The fraction of sp³-hybridized carbons (Fsp3) is 0.222. The second-order valence-electron chi connectivity index (χ2n) is 6.10. The lowest BCUT2D eigenvalue weighted by atomic mass is 10.1. The predicted octanol–water partition coefficient (Wildman–Crippen LogP) is 3.28. The zero-order chi connectivity index (χ0) is 20.8. The Balaban J connectivity index is 2.26. The smallest absolute Gasteiger partial charge is 0.325 e. The first-order chi connectivity index (χ1) is 13.2. The minimum absolute atomic E-state index is 0.0236. The Morgan fingerprint density at radius 3 is 2.32 bits per heavy atom. The Bertz CT molecular complexity index is 924. The van der Waals surface area contributed by atoms with Crippen LogP contribution in [0.15, 0.2) is 52.7 Å². The lowest BCUT2D eigenvalue weighted by molar-refractivity contribution is -0.384. The van der Waals surface area contributed by atoms with Crippen LogP contribution in [0, 0.1) is 10.1 Å². The number of nitro benzene ring substituents is 1. The fourth-order valence-corrected chi connectivity index (χ4v) is 2.17. The van der Waals surface area contributed by atoms with Gasteiger partial charge in [0, 0.05) is 31.4 Å². The Morgan fingerprint density at radius 1 is 1.14 bits per heavy atom. The van der Waals surface area contributed by atoms with Gasteiger partial charge in [-0.25, -0.2) is 0 Å². The number of benzene rings is 2. The highest BCUT2D eigenvalue weighted by atomic mass is 16.6. The number of hydrogen-bond acceptors (Lipinski definition) is 7. The Hall–Kier alpha value is -3.82. The fourth-order valence-electron chi connectivity index (χ4n) is 2.17. The van der Waals surface area contributed by atoms with Crippen LogP contribution in [0.25, 0.3) is 0 Å². The van der Waals surface area contributed by atoms with Gasteiger partial charge in [-0.15, -0.1) is 5.11 Å². The van der Waals surface area contributed by atoms with Gasteiger partial charge < -0.3 is 15.3 Å². The van der Waals surface area contributed by atoms with E-state index in [1.807, 2.05) is 31.1 Å². The molecule has 28 heavy (non-hydrogen) atoms. The lowest BCUT2D eigenvalue weighted by Crippen LogP contribution is -2.38. The summed E-state index contributed by atoms with van der Waals surface area (Å²) in [5.41, 5.74) is 0.996. The highest BCUT2D eigenvalue weighted by Gasteiger charge is 2.20. The molecule has 0 aliphatic rings. The molecule has 0 bridgehead atoms. The quantitative estimate of drug-likeness (QED) is 0.426. The highest BCUT2D eigenvalue weighted by Crippen LogP contribution is 2.30. The maximum absolute atomic E-state index is 12.1. The molecule has 1 atom stereocenters. The van der Waals surface area contributed by atoms with Crippen LogP contribution in [0.1, 0.15) is 17.3 Å². The van der Waals surface area contributed by atoms with Gasteiger partial charge in [0.25, 0.3) is 11.6 Å². The van der Waals surface area contributed by atoms with E-state index in [2.05, 4.69) is 15.5 Å². The van der Waals surface area contributed by atoms with E-state index in [4.69, 9.17) is 5.11 Å². The number of azo groups is 1. The number of nitrogens with one attached hydrogen (secondary N) is 1. The van der Waals surface area contributed by atoms with E-state index in [0.717, 1.165) is 11.8 Å². The standard InChI is InChI=1S/C18H19N5O5/c1-11(18(25)26)19-17(24)12-4-9-15(16(10-12)23(27)28)21-20-13-5-7-14(8-6-13)22(2)3/h4-11H,1-3H3,(H,19,24)(H,25,26)/t11-/m0/s1. The molecule has 0 spiro atoms. The van der Waals surface area contributed by atoms with Gasteiger partial charge in [-0.3, -0.25) is 19.7 Å². The zero-order valence-electron chi connectivity index (χ0n) is 15.5. The summed E-state index contributed by atoms with van der Waals surface area (Å²) in [5, 5.41) is 30.3. The van der Waals surface area contributed by atoms with E-state index in [0.29, 0.717) is 5.69 Å². The second kappa shape index (κ2) is 8.71. The first-order valence-corrected chi connectivity index (χ1v) is 8.20. The van der Waals surface area contributed by atoms with Crippen molar-refractivity contribution in [3.63, 3.8) is 0 Å². The van der Waals surface area contributed by atoms with Crippen molar-refractivity contribution in [3.8, 4) is 0 Å². The number of hydrogen-bond donors (Lipinski definition) is 2. The molecule has 2 rings (SSSR count). The summed E-state index contributed by atoms with van der Waals surface area (Å²) in [6.45, 7) is 1.29. The first-order valence-electron chi connectivity index (χ1n) is 8.20. The first kappa shape index (κ1) is 20.5. The molecule has 0 saturated heterocycles. The molecule has 0 aromatic heterocycles. The number of carbonyl (C=O) groups excluding carboxylic acids is 1. The largest absolute Gasteiger partial charge is 0.480 e. The number of carbonyl (C=O) groups is 2. The molecule has 1 amide bonds. The van der Waals surface area contributed by atoms with Crippen molar-refractivity contribution >= 4 is 34.6 Å². The summed E-state index contributed by atoms with van der Waals surface area (Å²) in [7, 11) is 3.80. The van der Waals surface area contributed by atoms with Crippen LogP contribution in [0.5, 0.6) is 0 Å². The minimum atomic E-state index is -1.21. The Labute approximate surface area is 160 Å². The summed E-state index contributed by atoms with van der Waals surface area (Å²) in [4.78, 5) is 35.4. The second-order valence-corrected chi connectivity index (χ2v) is 6.10. The number of nitro groups is 1. The average Bonchev–Trinajstić information content (AvgIpc) is 2.66. The topological polar surface area (TPSA) is 138 Å². The molecule has 0 aliphatic carbocycles. The molecule has 10 heteroatoms. The SMILES string of the molecule is C[C@H](NC(=O)c1ccc(N=Nc2ccc(N(C)C)cc2)c([N+](=O)[O-])c1)C(=O)O.